The monoisotopic (exact) mass is 316 g/mol. The highest BCUT2D eigenvalue weighted by molar-refractivity contribution is 5.74. The zero-order chi connectivity index (χ0) is 16.1. The van der Waals surface area contributed by atoms with Crippen LogP contribution in [0.1, 0.15) is 18.2 Å². The Bertz CT molecular complexity index is 644. The number of carbonyl (C=O) groups excluding carboxylic acids is 1. The van der Waals surface area contributed by atoms with E-state index in [0.29, 0.717) is 38.0 Å². The molecule has 0 radical (unpaired) electrons. The highest BCUT2D eigenvalue weighted by Gasteiger charge is 2.31. The van der Waals surface area contributed by atoms with Gasteiger partial charge >= 0.3 is 6.03 Å². The number of amides is 2. The molecule has 3 rings (SSSR count). The summed E-state index contributed by atoms with van der Waals surface area (Å²) in [6.07, 6.45) is 0.828. The molecule has 1 atom stereocenters. The number of ether oxygens (including phenoxy) is 1. The zero-order valence-corrected chi connectivity index (χ0v) is 13.1. The van der Waals surface area contributed by atoms with Gasteiger partial charge in [0.2, 0.25) is 11.7 Å². The molecule has 122 valence electrons. The van der Waals surface area contributed by atoms with Crippen LogP contribution in [0.5, 0.6) is 0 Å². The Morgan fingerprint density at radius 3 is 3.04 bits per heavy atom. The molecule has 1 aromatic heterocycles. The van der Waals surface area contributed by atoms with Gasteiger partial charge in [0.05, 0.1) is 12.5 Å². The van der Waals surface area contributed by atoms with Gasteiger partial charge in [-0.05, 0) is 6.42 Å². The van der Waals surface area contributed by atoms with Gasteiger partial charge in [0.15, 0.2) is 0 Å². The van der Waals surface area contributed by atoms with E-state index in [1.165, 1.54) is 0 Å². The Labute approximate surface area is 134 Å². The van der Waals surface area contributed by atoms with Crippen LogP contribution in [0.4, 0.5) is 4.79 Å². The highest BCUT2D eigenvalue weighted by Crippen LogP contribution is 2.27. The summed E-state index contributed by atoms with van der Waals surface area (Å²) in [5.74, 6) is 1.27. The quantitative estimate of drug-likeness (QED) is 0.852. The number of hydrogen-bond donors (Lipinski definition) is 1. The maximum Gasteiger partial charge on any atom is 0.317 e. The number of urea groups is 1. The van der Waals surface area contributed by atoms with Crippen LogP contribution in [0.3, 0.4) is 0 Å². The molecular weight excluding hydrogens is 296 g/mol. The first-order chi connectivity index (χ1) is 11.3. The number of hydrogen-bond acceptors (Lipinski definition) is 5. The minimum absolute atomic E-state index is 0.0765. The molecule has 7 nitrogen and oxygen atoms in total. The fraction of sp³-hybridized carbons (Fsp3) is 0.438. The summed E-state index contributed by atoms with van der Waals surface area (Å²) in [5.41, 5.74) is 0.926. The normalized spacial score (nSPS) is 17.4. The van der Waals surface area contributed by atoms with Gasteiger partial charge < -0.3 is 19.5 Å². The van der Waals surface area contributed by atoms with Gasteiger partial charge in [-0.1, -0.05) is 35.5 Å². The van der Waals surface area contributed by atoms with E-state index in [9.17, 15) is 4.79 Å². The summed E-state index contributed by atoms with van der Waals surface area (Å²) >= 11 is 0. The molecule has 0 spiro atoms. The second-order valence-corrected chi connectivity index (χ2v) is 5.48. The molecule has 1 saturated heterocycles. The molecule has 23 heavy (non-hydrogen) atoms. The molecule has 1 fully saturated rings. The van der Waals surface area contributed by atoms with E-state index < -0.39 is 0 Å². The average molecular weight is 316 g/mol. The molecular formula is C16H20N4O3. The van der Waals surface area contributed by atoms with Crippen molar-refractivity contribution < 1.29 is 14.1 Å². The van der Waals surface area contributed by atoms with Crippen molar-refractivity contribution in [3.05, 3.63) is 36.2 Å². The van der Waals surface area contributed by atoms with Crippen molar-refractivity contribution in [2.75, 3.05) is 33.4 Å². The summed E-state index contributed by atoms with van der Waals surface area (Å²) < 4.78 is 10.3. The van der Waals surface area contributed by atoms with E-state index in [1.54, 1.807) is 12.0 Å². The van der Waals surface area contributed by atoms with Gasteiger partial charge in [-0.3, -0.25) is 0 Å². The first-order valence-corrected chi connectivity index (χ1v) is 7.68. The molecule has 0 bridgehead atoms. The smallest absolute Gasteiger partial charge is 0.317 e. The van der Waals surface area contributed by atoms with Gasteiger partial charge in [0, 0.05) is 32.3 Å². The van der Waals surface area contributed by atoms with Crippen molar-refractivity contribution in [3.8, 4) is 11.4 Å². The number of benzene rings is 1. The summed E-state index contributed by atoms with van der Waals surface area (Å²) in [6, 6.07) is 9.63. The molecule has 0 saturated carbocycles. The SMILES string of the molecule is COCCNC(=O)N1CC[C@@H](c2nc(-c3ccccc3)no2)C1. The lowest BCUT2D eigenvalue weighted by Crippen LogP contribution is -2.39. The van der Waals surface area contributed by atoms with E-state index >= 15 is 0 Å². The third kappa shape index (κ3) is 3.68. The van der Waals surface area contributed by atoms with E-state index in [-0.39, 0.29) is 11.9 Å². The third-order valence-electron chi connectivity index (χ3n) is 3.88. The number of nitrogens with zero attached hydrogens (tertiary/aromatic N) is 3. The number of likely N-dealkylation sites (tertiary alicyclic amines) is 1. The minimum atomic E-state index is -0.0765. The average Bonchev–Trinajstić information content (AvgIpc) is 3.25. The maximum atomic E-state index is 12.0. The van der Waals surface area contributed by atoms with Gasteiger partial charge in [-0.25, -0.2) is 4.79 Å². The maximum absolute atomic E-state index is 12.0. The Morgan fingerprint density at radius 2 is 2.26 bits per heavy atom. The Hall–Kier alpha value is -2.41. The van der Waals surface area contributed by atoms with Crippen LogP contribution in [0, 0.1) is 0 Å². The Kier molecular flexibility index (Phi) is 4.87. The molecule has 1 N–H and O–H groups in total. The standard InChI is InChI=1S/C16H20N4O3/c1-22-10-8-17-16(21)20-9-7-13(11-20)15-18-14(19-23-15)12-5-3-2-4-6-12/h2-6,13H,7-11H2,1H3,(H,17,21)/t13-/m1/s1. The van der Waals surface area contributed by atoms with Gasteiger partial charge in [-0.2, -0.15) is 4.98 Å². The molecule has 1 aliphatic rings. The first-order valence-electron chi connectivity index (χ1n) is 7.68. The molecule has 2 aromatic rings. The summed E-state index contributed by atoms with van der Waals surface area (Å²) in [7, 11) is 1.61. The van der Waals surface area contributed by atoms with Crippen LogP contribution in [0.25, 0.3) is 11.4 Å². The lowest BCUT2D eigenvalue weighted by atomic mass is 10.1. The van der Waals surface area contributed by atoms with Crippen LogP contribution < -0.4 is 5.32 Å². The molecule has 0 unspecified atom stereocenters. The lowest BCUT2D eigenvalue weighted by Gasteiger charge is -2.16. The fourth-order valence-corrected chi connectivity index (χ4v) is 2.62. The van der Waals surface area contributed by atoms with E-state index in [0.717, 1.165) is 12.0 Å². The Balaban J connectivity index is 1.59. The van der Waals surface area contributed by atoms with Crippen LogP contribution in [0.2, 0.25) is 0 Å². The molecule has 1 aliphatic heterocycles. The van der Waals surface area contributed by atoms with Crippen molar-refractivity contribution in [2.24, 2.45) is 0 Å². The molecule has 2 heterocycles. The van der Waals surface area contributed by atoms with Gasteiger partial charge in [0.25, 0.3) is 0 Å². The van der Waals surface area contributed by atoms with E-state index in [4.69, 9.17) is 9.26 Å². The van der Waals surface area contributed by atoms with E-state index in [1.807, 2.05) is 30.3 Å². The third-order valence-corrected chi connectivity index (χ3v) is 3.88. The number of rotatable bonds is 5. The second kappa shape index (κ2) is 7.23. The van der Waals surface area contributed by atoms with Crippen molar-refractivity contribution in [1.29, 1.82) is 0 Å². The number of aromatic nitrogens is 2. The van der Waals surface area contributed by atoms with Gasteiger partial charge in [0.1, 0.15) is 0 Å². The second-order valence-electron chi connectivity index (χ2n) is 5.48. The van der Waals surface area contributed by atoms with E-state index in [2.05, 4.69) is 15.5 Å². The topological polar surface area (TPSA) is 80.5 Å². The summed E-state index contributed by atoms with van der Waals surface area (Å²) in [4.78, 5) is 18.3. The summed E-state index contributed by atoms with van der Waals surface area (Å²) in [5, 5.41) is 6.86. The van der Waals surface area contributed by atoms with Crippen LogP contribution in [0.15, 0.2) is 34.9 Å². The number of methoxy groups -OCH3 is 1. The highest BCUT2D eigenvalue weighted by atomic mass is 16.5. The largest absolute Gasteiger partial charge is 0.383 e. The van der Waals surface area contributed by atoms with Crippen LogP contribution >= 0.6 is 0 Å². The van der Waals surface area contributed by atoms with Crippen molar-refractivity contribution in [2.45, 2.75) is 12.3 Å². The molecule has 2 amide bonds. The van der Waals surface area contributed by atoms with Crippen molar-refractivity contribution >= 4 is 6.03 Å². The predicted octanol–water partition coefficient (Wildman–Crippen LogP) is 1.88. The minimum Gasteiger partial charge on any atom is -0.383 e. The number of nitrogens with one attached hydrogen (secondary N) is 1. The molecule has 1 aromatic carbocycles. The number of carbonyl (C=O) groups is 1. The van der Waals surface area contributed by atoms with Crippen LogP contribution in [-0.2, 0) is 4.74 Å². The molecule has 7 heteroatoms. The van der Waals surface area contributed by atoms with Gasteiger partial charge in [-0.15, -0.1) is 0 Å². The van der Waals surface area contributed by atoms with Crippen LogP contribution in [-0.4, -0.2) is 54.4 Å². The van der Waals surface area contributed by atoms with Crippen molar-refractivity contribution in [3.63, 3.8) is 0 Å². The first kappa shape index (κ1) is 15.5. The predicted molar refractivity (Wildman–Crippen MR) is 83.9 cm³/mol. The Morgan fingerprint density at radius 1 is 1.43 bits per heavy atom. The molecule has 0 aliphatic carbocycles. The summed E-state index contributed by atoms with van der Waals surface area (Å²) in [6.45, 7) is 2.30. The lowest BCUT2D eigenvalue weighted by molar-refractivity contribution is 0.184. The van der Waals surface area contributed by atoms with Crippen molar-refractivity contribution in [1.82, 2.24) is 20.4 Å². The fourth-order valence-electron chi connectivity index (χ4n) is 2.62. The zero-order valence-electron chi connectivity index (χ0n) is 13.1.